The molecule has 0 fully saturated rings. The monoisotopic (exact) mass is 298 g/mol. The Morgan fingerprint density at radius 2 is 1.33 bits per heavy atom. The SMILES string of the molecule is CCCCCCCCC=CCCCCCCOOC(C)=O. The van der Waals surface area contributed by atoms with Crippen molar-refractivity contribution in [3.05, 3.63) is 12.2 Å². The molecule has 0 aliphatic heterocycles. The van der Waals surface area contributed by atoms with Gasteiger partial charge in [0.25, 0.3) is 0 Å². The summed E-state index contributed by atoms with van der Waals surface area (Å²) < 4.78 is 0. The molecule has 124 valence electrons. The number of carbonyl (C=O) groups excluding carboxylic acids is 1. The third-order valence-corrected chi connectivity index (χ3v) is 3.42. The van der Waals surface area contributed by atoms with Gasteiger partial charge in [-0.05, 0) is 32.1 Å². The summed E-state index contributed by atoms with van der Waals surface area (Å²) in [5.41, 5.74) is 0. The smallest absolute Gasteiger partial charge is 0.299 e. The van der Waals surface area contributed by atoms with Crippen LogP contribution in [0.2, 0.25) is 0 Å². The van der Waals surface area contributed by atoms with Gasteiger partial charge in [-0.15, -0.1) is 0 Å². The summed E-state index contributed by atoms with van der Waals surface area (Å²) >= 11 is 0. The molecule has 0 radical (unpaired) electrons. The van der Waals surface area contributed by atoms with Gasteiger partial charge in [0.05, 0.1) is 6.61 Å². The number of carbonyl (C=O) groups is 1. The van der Waals surface area contributed by atoms with Gasteiger partial charge in [0.2, 0.25) is 0 Å². The lowest BCUT2D eigenvalue weighted by Crippen LogP contribution is -2.01. The molecule has 0 atom stereocenters. The van der Waals surface area contributed by atoms with Gasteiger partial charge >= 0.3 is 5.97 Å². The third-order valence-electron chi connectivity index (χ3n) is 3.42. The first kappa shape index (κ1) is 20.2. The Balaban J connectivity index is 3.07. The minimum absolute atomic E-state index is 0.384. The second-order valence-electron chi connectivity index (χ2n) is 5.63. The first-order valence-corrected chi connectivity index (χ1v) is 8.72. The fourth-order valence-electron chi connectivity index (χ4n) is 2.18. The van der Waals surface area contributed by atoms with Crippen LogP contribution < -0.4 is 0 Å². The van der Waals surface area contributed by atoms with Gasteiger partial charge in [0.1, 0.15) is 0 Å². The maximum Gasteiger partial charge on any atom is 0.339 e. The van der Waals surface area contributed by atoms with Crippen molar-refractivity contribution < 1.29 is 14.6 Å². The van der Waals surface area contributed by atoms with Crippen molar-refractivity contribution in [3.63, 3.8) is 0 Å². The van der Waals surface area contributed by atoms with E-state index in [-0.39, 0.29) is 5.97 Å². The van der Waals surface area contributed by atoms with Crippen molar-refractivity contribution >= 4 is 5.97 Å². The van der Waals surface area contributed by atoms with Crippen LogP contribution in [0.1, 0.15) is 90.9 Å². The van der Waals surface area contributed by atoms with E-state index in [0.717, 1.165) is 12.8 Å². The quantitative estimate of drug-likeness (QED) is 0.167. The molecule has 0 amide bonds. The summed E-state index contributed by atoms with van der Waals surface area (Å²) in [6.45, 7) is 4.11. The predicted octanol–water partition coefficient (Wildman–Crippen LogP) is 5.74. The molecular formula is C18H34O3. The number of unbranched alkanes of at least 4 members (excludes halogenated alkanes) is 10. The summed E-state index contributed by atoms with van der Waals surface area (Å²) in [5.74, 6) is -0.384. The van der Waals surface area contributed by atoms with Gasteiger partial charge in [0, 0.05) is 6.92 Å². The molecule has 0 saturated heterocycles. The van der Waals surface area contributed by atoms with Crippen LogP contribution in [0.3, 0.4) is 0 Å². The molecule has 0 aromatic heterocycles. The van der Waals surface area contributed by atoms with E-state index in [4.69, 9.17) is 4.89 Å². The van der Waals surface area contributed by atoms with Gasteiger partial charge in [-0.1, -0.05) is 64.0 Å². The van der Waals surface area contributed by atoms with E-state index in [1.165, 1.54) is 71.1 Å². The first-order valence-electron chi connectivity index (χ1n) is 8.72. The number of hydrogen-bond acceptors (Lipinski definition) is 3. The van der Waals surface area contributed by atoms with Crippen molar-refractivity contribution in [1.29, 1.82) is 0 Å². The summed E-state index contributed by atoms with van der Waals surface area (Å²) in [6, 6.07) is 0. The van der Waals surface area contributed by atoms with Crippen molar-refractivity contribution in [2.24, 2.45) is 0 Å². The maximum absolute atomic E-state index is 10.4. The molecule has 3 heteroatoms. The minimum Gasteiger partial charge on any atom is -0.299 e. The molecule has 0 aromatic rings. The van der Waals surface area contributed by atoms with E-state index in [9.17, 15) is 4.79 Å². The molecule has 0 aromatic carbocycles. The fraction of sp³-hybridized carbons (Fsp3) is 0.833. The lowest BCUT2D eigenvalue weighted by molar-refractivity contribution is -0.270. The lowest BCUT2D eigenvalue weighted by Gasteiger charge is -2.01. The maximum atomic E-state index is 10.4. The van der Waals surface area contributed by atoms with Crippen molar-refractivity contribution in [2.45, 2.75) is 90.9 Å². The van der Waals surface area contributed by atoms with Crippen LogP contribution in [0, 0.1) is 0 Å². The molecule has 0 N–H and O–H groups in total. The summed E-state index contributed by atoms with van der Waals surface area (Å²) in [5, 5.41) is 0. The topological polar surface area (TPSA) is 35.5 Å². The zero-order valence-corrected chi connectivity index (χ0v) is 14.1. The molecule has 21 heavy (non-hydrogen) atoms. The van der Waals surface area contributed by atoms with E-state index >= 15 is 0 Å². The lowest BCUT2D eigenvalue weighted by atomic mass is 10.1. The molecule has 0 saturated carbocycles. The van der Waals surface area contributed by atoms with Gasteiger partial charge in [0.15, 0.2) is 0 Å². The van der Waals surface area contributed by atoms with Crippen LogP contribution in [-0.4, -0.2) is 12.6 Å². The van der Waals surface area contributed by atoms with Crippen molar-refractivity contribution in [3.8, 4) is 0 Å². The number of allylic oxidation sites excluding steroid dienone is 2. The van der Waals surface area contributed by atoms with Gasteiger partial charge in [-0.3, -0.25) is 4.89 Å². The highest BCUT2D eigenvalue weighted by Crippen LogP contribution is 2.08. The van der Waals surface area contributed by atoms with Gasteiger partial charge in [-0.2, -0.15) is 4.89 Å². The molecule has 0 aliphatic rings. The van der Waals surface area contributed by atoms with Gasteiger partial charge < -0.3 is 0 Å². The minimum atomic E-state index is -0.384. The summed E-state index contributed by atoms with van der Waals surface area (Å²) in [4.78, 5) is 19.6. The molecule has 0 unspecified atom stereocenters. The number of rotatable bonds is 15. The Kier molecular flexibility index (Phi) is 16.5. The molecule has 3 nitrogen and oxygen atoms in total. The van der Waals surface area contributed by atoms with Crippen LogP contribution in [0.25, 0.3) is 0 Å². The van der Waals surface area contributed by atoms with E-state index in [1.807, 2.05) is 0 Å². The molecule has 0 rings (SSSR count). The van der Waals surface area contributed by atoms with E-state index in [2.05, 4.69) is 24.0 Å². The Hall–Kier alpha value is -0.830. The second-order valence-corrected chi connectivity index (χ2v) is 5.63. The zero-order valence-electron chi connectivity index (χ0n) is 14.1. The highest BCUT2D eigenvalue weighted by molar-refractivity contribution is 5.65. The normalized spacial score (nSPS) is 11.1. The highest BCUT2D eigenvalue weighted by Gasteiger charge is 1.94. The molecule has 0 aliphatic carbocycles. The Morgan fingerprint density at radius 1 is 0.810 bits per heavy atom. The third kappa shape index (κ3) is 19.2. The Bertz CT molecular complexity index is 249. The van der Waals surface area contributed by atoms with Crippen LogP contribution in [0.4, 0.5) is 0 Å². The molecule has 0 bridgehead atoms. The molecule has 0 spiro atoms. The van der Waals surface area contributed by atoms with E-state index in [0.29, 0.717) is 6.61 Å². The van der Waals surface area contributed by atoms with Crippen LogP contribution in [0.15, 0.2) is 12.2 Å². The van der Waals surface area contributed by atoms with E-state index in [1.54, 1.807) is 0 Å². The first-order chi connectivity index (χ1) is 10.3. The Morgan fingerprint density at radius 3 is 1.90 bits per heavy atom. The average molecular weight is 298 g/mol. The average Bonchev–Trinajstić information content (AvgIpc) is 2.46. The zero-order chi connectivity index (χ0) is 15.6. The standard InChI is InChI=1S/C18H34O3/c1-3-4-5-6-7-8-9-10-11-12-13-14-15-16-17-20-21-18(2)19/h10-11H,3-9,12-17H2,1-2H3. The summed E-state index contributed by atoms with van der Waals surface area (Å²) in [7, 11) is 0. The van der Waals surface area contributed by atoms with Crippen LogP contribution >= 0.6 is 0 Å². The van der Waals surface area contributed by atoms with Crippen LogP contribution in [-0.2, 0) is 14.6 Å². The highest BCUT2D eigenvalue weighted by atomic mass is 17.2. The number of hydrogen-bond donors (Lipinski definition) is 0. The van der Waals surface area contributed by atoms with E-state index < -0.39 is 0 Å². The molecule has 0 heterocycles. The largest absolute Gasteiger partial charge is 0.339 e. The van der Waals surface area contributed by atoms with Crippen LogP contribution in [0.5, 0.6) is 0 Å². The summed E-state index contributed by atoms with van der Waals surface area (Å²) in [6.07, 6.45) is 19.9. The van der Waals surface area contributed by atoms with Crippen molar-refractivity contribution in [2.75, 3.05) is 6.61 Å². The molecular weight excluding hydrogens is 264 g/mol. The second kappa shape index (κ2) is 17.2. The predicted molar refractivity (Wildman–Crippen MR) is 87.9 cm³/mol. The van der Waals surface area contributed by atoms with Crippen molar-refractivity contribution in [1.82, 2.24) is 0 Å². The Labute approximate surface area is 131 Å². The van der Waals surface area contributed by atoms with Gasteiger partial charge in [-0.25, -0.2) is 4.79 Å². The fourth-order valence-corrected chi connectivity index (χ4v) is 2.18.